The van der Waals surface area contributed by atoms with Gasteiger partial charge in [0.05, 0.1) is 12.8 Å². The Morgan fingerprint density at radius 2 is 1.78 bits per heavy atom. The van der Waals surface area contributed by atoms with Crippen molar-refractivity contribution in [2.45, 2.75) is 26.2 Å². The predicted molar refractivity (Wildman–Crippen MR) is 105 cm³/mol. The Morgan fingerprint density at radius 1 is 1.07 bits per heavy atom. The van der Waals surface area contributed by atoms with Crippen molar-refractivity contribution in [3.8, 4) is 5.75 Å². The number of nitrogens with zero attached hydrogens (tertiary/aromatic N) is 2. The summed E-state index contributed by atoms with van der Waals surface area (Å²) < 4.78 is 10.8. The minimum Gasteiger partial charge on any atom is -0.495 e. The number of unbranched alkanes of at least 4 members (excludes halogenated alkanes) is 1. The van der Waals surface area contributed by atoms with Crippen LogP contribution >= 0.6 is 0 Å². The average Bonchev–Trinajstić information content (AvgIpc) is 2.72. The Labute approximate surface area is 161 Å². The zero-order valence-electron chi connectivity index (χ0n) is 16.4. The van der Waals surface area contributed by atoms with Gasteiger partial charge in [0, 0.05) is 45.9 Å². The van der Waals surface area contributed by atoms with Crippen LogP contribution in [0.15, 0.2) is 24.3 Å². The summed E-state index contributed by atoms with van der Waals surface area (Å²) in [5.41, 5.74) is 1.01. The number of carbonyl (C=O) groups is 2. The Bertz CT molecular complexity index is 601. The lowest BCUT2D eigenvalue weighted by atomic mass is 10.2. The fourth-order valence-electron chi connectivity index (χ4n) is 2.99. The van der Waals surface area contributed by atoms with Crippen molar-refractivity contribution in [1.29, 1.82) is 0 Å². The highest BCUT2D eigenvalue weighted by Gasteiger charge is 2.26. The van der Waals surface area contributed by atoms with E-state index in [1.54, 1.807) is 12.0 Å². The zero-order chi connectivity index (χ0) is 19.5. The van der Waals surface area contributed by atoms with Gasteiger partial charge in [-0.05, 0) is 25.0 Å². The lowest BCUT2D eigenvalue weighted by Gasteiger charge is -2.36. The number of amides is 2. The maximum absolute atomic E-state index is 12.3. The molecule has 27 heavy (non-hydrogen) atoms. The molecule has 0 spiro atoms. The summed E-state index contributed by atoms with van der Waals surface area (Å²) in [6.45, 7) is 6.30. The Morgan fingerprint density at radius 3 is 2.48 bits per heavy atom. The molecule has 1 aromatic rings. The minimum absolute atomic E-state index is 0.456. The number of ether oxygens (including phenoxy) is 2. The highest BCUT2D eigenvalue weighted by atomic mass is 16.5. The van der Waals surface area contributed by atoms with Crippen molar-refractivity contribution in [1.82, 2.24) is 10.2 Å². The minimum atomic E-state index is -0.533. The second-order valence-corrected chi connectivity index (χ2v) is 6.53. The van der Waals surface area contributed by atoms with E-state index in [0.29, 0.717) is 45.8 Å². The van der Waals surface area contributed by atoms with E-state index in [0.717, 1.165) is 30.9 Å². The molecule has 0 radical (unpaired) electrons. The molecule has 1 saturated heterocycles. The largest absolute Gasteiger partial charge is 0.495 e. The lowest BCUT2D eigenvalue weighted by Crippen LogP contribution is -2.52. The van der Waals surface area contributed by atoms with E-state index in [9.17, 15) is 9.59 Å². The molecule has 1 fully saturated rings. The molecule has 0 bridgehead atoms. The smallest absolute Gasteiger partial charge is 0.312 e. The van der Waals surface area contributed by atoms with Gasteiger partial charge in [-0.25, -0.2) is 0 Å². The number of piperazine rings is 1. The first-order valence-corrected chi connectivity index (χ1v) is 9.70. The molecule has 0 aliphatic carbocycles. The molecule has 2 rings (SSSR count). The van der Waals surface area contributed by atoms with Crippen LogP contribution in [0.1, 0.15) is 26.2 Å². The van der Waals surface area contributed by atoms with E-state index in [4.69, 9.17) is 9.47 Å². The van der Waals surface area contributed by atoms with E-state index in [2.05, 4.69) is 17.1 Å². The van der Waals surface area contributed by atoms with Gasteiger partial charge in [-0.15, -0.1) is 0 Å². The Kier molecular flexibility index (Phi) is 8.91. The first-order chi connectivity index (χ1) is 13.2. The van der Waals surface area contributed by atoms with Crippen LogP contribution in [-0.4, -0.2) is 69.8 Å². The number of hydrogen-bond acceptors (Lipinski definition) is 5. The van der Waals surface area contributed by atoms with Crippen LogP contribution in [0.2, 0.25) is 0 Å². The van der Waals surface area contributed by atoms with Crippen LogP contribution in [0.3, 0.4) is 0 Å². The molecule has 7 heteroatoms. The number of para-hydroxylation sites is 2. The van der Waals surface area contributed by atoms with Gasteiger partial charge in [0.25, 0.3) is 0 Å². The highest BCUT2D eigenvalue weighted by molar-refractivity contribution is 6.35. The lowest BCUT2D eigenvalue weighted by molar-refractivity contribution is -0.146. The third kappa shape index (κ3) is 6.43. The standard InChI is InChI=1S/C20H31N3O4/c1-3-4-15-27-16-7-10-21-19(24)20(25)23-13-11-22(12-14-23)17-8-5-6-9-18(17)26-2/h5-6,8-9H,3-4,7,10-16H2,1-2H3,(H,21,24). The van der Waals surface area contributed by atoms with Gasteiger partial charge in [-0.2, -0.15) is 0 Å². The molecule has 0 atom stereocenters. The van der Waals surface area contributed by atoms with Gasteiger partial charge < -0.3 is 24.6 Å². The van der Waals surface area contributed by atoms with Crippen LogP contribution in [0.25, 0.3) is 0 Å². The van der Waals surface area contributed by atoms with Gasteiger partial charge in [0.1, 0.15) is 5.75 Å². The number of methoxy groups -OCH3 is 1. The number of nitrogens with one attached hydrogen (secondary N) is 1. The molecule has 1 heterocycles. The normalized spacial score (nSPS) is 14.1. The molecule has 150 valence electrons. The van der Waals surface area contributed by atoms with Crippen LogP contribution in [0.4, 0.5) is 5.69 Å². The van der Waals surface area contributed by atoms with Crippen LogP contribution < -0.4 is 15.0 Å². The maximum Gasteiger partial charge on any atom is 0.312 e. The topological polar surface area (TPSA) is 71.1 Å². The molecule has 1 aliphatic heterocycles. The second-order valence-electron chi connectivity index (χ2n) is 6.53. The number of benzene rings is 1. The van der Waals surface area contributed by atoms with Gasteiger partial charge in [0.2, 0.25) is 0 Å². The van der Waals surface area contributed by atoms with Crippen molar-refractivity contribution in [2.75, 3.05) is 57.9 Å². The Hall–Kier alpha value is -2.28. The van der Waals surface area contributed by atoms with Crippen molar-refractivity contribution < 1.29 is 19.1 Å². The molecule has 7 nitrogen and oxygen atoms in total. The van der Waals surface area contributed by atoms with E-state index in [-0.39, 0.29) is 0 Å². The molecular weight excluding hydrogens is 346 g/mol. The molecule has 2 amide bonds. The monoisotopic (exact) mass is 377 g/mol. The highest BCUT2D eigenvalue weighted by Crippen LogP contribution is 2.28. The van der Waals surface area contributed by atoms with Crippen molar-refractivity contribution in [3.63, 3.8) is 0 Å². The average molecular weight is 377 g/mol. The Balaban J connectivity index is 1.70. The summed E-state index contributed by atoms with van der Waals surface area (Å²) in [5.74, 6) is -0.174. The first-order valence-electron chi connectivity index (χ1n) is 9.70. The third-order valence-corrected chi connectivity index (χ3v) is 4.58. The molecule has 0 aromatic heterocycles. The SMILES string of the molecule is CCCCOCCCNC(=O)C(=O)N1CCN(c2ccccc2OC)CC1. The quantitative estimate of drug-likeness (QED) is 0.524. The summed E-state index contributed by atoms with van der Waals surface area (Å²) in [6.07, 6.45) is 2.87. The van der Waals surface area contributed by atoms with Crippen LogP contribution in [0, 0.1) is 0 Å². The van der Waals surface area contributed by atoms with Crippen LogP contribution in [0.5, 0.6) is 5.75 Å². The third-order valence-electron chi connectivity index (χ3n) is 4.58. The number of hydrogen-bond donors (Lipinski definition) is 1. The van der Waals surface area contributed by atoms with Gasteiger partial charge >= 0.3 is 11.8 Å². The number of rotatable bonds is 9. The van der Waals surface area contributed by atoms with E-state index >= 15 is 0 Å². The predicted octanol–water partition coefficient (Wildman–Crippen LogP) is 1.67. The molecule has 0 unspecified atom stereocenters. The van der Waals surface area contributed by atoms with Gasteiger partial charge in [-0.1, -0.05) is 25.5 Å². The molecule has 1 aliphatic rings. The fourth-order valence-corrected chi connectivity index (χ4v) is 2.99. The number of anilines is 1. The molecule has 1 N–H and O–H groups in total. The van der Waals surface area contributed by atoms with E-state index in [1.165, 1.54) is 0 Å². The fraction of sp³-hybridized carbons (Fsp3) is 0.600. The summed E-state index contributed by atoms with van der Waals surface area (Å²) in [5, 5.41) is 2.69. The van der Waals surface area contributed by atoms with Crippen molar-refractivity contribution in [2.24, 2.45) is 0 Å². The summed E-state index contributed by atoms with van der Waals surface area (Å²) in [4.78, 5) is 28.1. The van der Waals surface area contributed by atoms with Gasteiger partial charge in [0.15, 0.2) is 0 Å². The number of carbonyl (C=O) groups excluding carboxylic acids is 2. The summed E-state index contributed by atoms with van der Waals surface area (Å²) >= 11 is 0. The molecule has 1 aromatic carbocycles. The van der Waals surface area contributed by atoms with Crippen LogP contribution in [-0.2, 0) is 14.3 Å². The maximum atomic E-state index is 12.3. The summed E-state index contributed by atoms with van der Waals surface area (Å²) in [7, 11) is 1.65. The first kappa shape index (κ1) is 21.0. The molecular formula is C20H31N3O4. The van der Waals surface area contributed by atoms with Crippen molar-refractivity contribution >= 4 is 17.5 Å². The zero-order valence-corrected chi connectivity index (χ0v) is 16.4. The second kappa shape index (κ2) is 11.4. The summed E-state index contributed by atoms with van der Waals surface area (Å²) in [6, 6.07) is 7.83. The van der Waals surface area contributed by atoms with Gasteiger partial charge in [-0.3, -0.25) is 9.59 Å². The van der Waals surface area contributed by atoms with Crippen molar-refractivity contribution in [3.05, 3.63) is 24.3 Å². The van der Waals surface area contributed by atoms with E-state index < -0.39 is 11.8 Å². The van der Waals surface area contributed by atoms with E-state index in [1.807, 2.05) is 24.3 Å². The molecule has 0 saturated carbocycles.